The highest BCUT2D eigenvalue weighted by Gasteiger charge is 2.13. The van der Waals surface area contributed by atoms with Gasteiger partial charge in [-0.3, -0.25) is 4.79 Å². The molecule has 0 aliphatic heterocycles. The minimum Gasteiger partial charge on any atom is -0.487 e. The van der Waals surface area contributed by atoms with Gasteiger partial charge < -0.3 is 4.74 Å². The molecule has 36 heavy (non-hydrogen) atoms. The second-order valence-corrected chi connectivity index (χ2v) is 10.6. The lowest BCUT2D eigenvalue weighted by atomic mass is 10.2. The van der Waals surface area contributed by atoms with E-state index in [1.807, 2.05) is 60.7 Å². The summed E-state index contributed by atoms with van der Waals surface area (Å²) in [5, 5.41) is 5.11. The average molecular weight is 697 g/mol. The van der Waals surface area contributed by atoms with E-state index in [1.54, 1.807) is 12.3 Å². The topological polar surface area (TPSA) is 56.5 Å². The third-order valence-electron chi connectivity index (χ3n) is 5.63. The Morgan fingerprint density at radius 1 is 0.917 bits per heavy atom. The second kappa shape index (κ2) is 10.9. The van der Waals surface area contributed by atoms with Gasteiger partial charge in [0.2, 0.25) is 0 Å². The number of para-hydroxylation sites is 1. The molecule has 0 saturated carbocycles. The molecule has 1 heterocycles. The molecule has 5 nitrogen and oxygen atoms in total. The molecule has 178 valence electrons. The Kier molecular flexibility index (Phi) is 7.47. The molecule has 7 heteroatoms. The summed E-state index contributed by atoms with van der Waals surface area (Å²) >= 11 is 4.55. The first-order valence-corrected chi connectivity index (χ1v) is 13.4. The van der Waals surface area contributed by atoms with E-state index in [-0.39, 0.29) is 5.56 Å². The molecule has 0 N–H and O–H groups in total. The van der Waals surface area contributed by atoms with Crippen LogP contribution in [0.2, 0.25) is 0 Å². The van der Waals surface area contributed by atoms with Gasteiger partial charge in [0.05, 0.1) is 24.3 Å². The van der Waals surface area contributed by atoms with Crippen molar-refractivity contribution in [2.24, 2.45) is 5.10 Å². The fourth-order valence-electron chi connectivity index (χ4n) is 3.76. The summed E-state index contributed by atoms with van der Waals surface area (Å²) in [5.41, 5.74) is 4.47. The van der Waals surface area contributed by atoms with Crippen LogP contribution >= 0.6 is 45.2 Å². The predicted octanol–water partition coefficient (Wildman–Crippen LogP) is 7.04. The van der Waals surface area contributed by atoms with Gasteiger partial charge in [0.15, 0.2) is 5.82 Å². The molecule has 1 aromatic heterocycles. The number of halogens is 2. The van der Waals surface area contributed by atoms with Crippen LogP contribution in [0.4, 0.5) is 0 Å². The summed E-state index contributed by atoms with van der Waals surface area (Å²) in [6, 6.07) is 29.3. The van der Waals surface area contributed by atoms with Crippen LogP contribution in [0.25, 0.3) is 22.3 Å². The smallest absolute Gasteiger partial charge is 0.282 e. The molecule has 0 amide bonds. The van der Waals surface area contributed by atoms with E-state index in [9.17, 15) is 4.79 Å². The van der Waals surface area contributed by atoms with Crippen molar-refractivity contribution in [1.29, 1.82) is 0 Å². The predicted molar refractivity (Wildman–Crippen MR) is 162 cm³/mol. The number of nitrogens with zero attached hydrogens (tertiary/aromatic N) is 3. The first-order valence-electron chi connectivity index (χ1n) is 11.3. The highest BCUT2D eigenvalue weighted by Crippen LogP contribution is 2.29. The zero-order valence-corrected chi connectivity index (χ0v) is 23.7. The Morgan fingerprint density at radius 3 is 2.31 bits per heavy atom. The molecule has 0 fully saturated rings. The Labute approximate surface area is 236 Å². The average Bonchev–Trinajstić information content (AvgIpc) is 2.89. The van der Waals surface area contributed by atoms with Gasteiger partial charge in [-0.05, 0) is 87.5 Å². The molecular formula is C29H21I2N3O2. The van der Waals surface area contributed by atoms with Crippen LogP contribution in [-0.2, 0) is 6.61 Å². The number of ether oxygens (including phenoxy) is 1. The van der Waals surface area contributed by atoms with Crippen LogP contribution in [0.5, 0.6) is 5.75 Å². The third-order valence-corrected chi connectivity index (χ3v) is 7.24. The lowest BCUT2D eigenvalue weighted by Gasteiger charge is -2.12. The maximum atomic E-state index is 13.4. The molecule has 0 unspecified atom stereocenters. The monoisotopic (exact) mass is 697 g/mol. The standard InChI is InChI=1S/C29H21I2N3O2/c1-19-11-13-20(14-12-19)18-36-27-24(30)15-21(16-25(27)31)17-32-34-28(22-7-3-2-4-8-22)33-26-10-6-5-9-23(26)29(34)35/h2-17H,18H2,1H3. The van der Waals surface area contributed by atoms with E-state index in [4.69, 9.17) is 9.72 Å². The lowest BCUT2D eigenvalue weighted by Crippen LogP contribution is -2.20. The highest BCUT2D eigenvalue weighted by atomic mass is 127. The molecule has 0 atom stereocenters. The minimum atomic E-state index is -0.210. The quantitative estimate of drug-likeness (QED) is 0.141. The summed E-state index contributed by atoms with van der Waals surface area (Å²) in [7, 11) is 0. The number of hydrogen-bond donors (Lipinski definition) is 0. The van der Waals surface area contributed by atoms with Crippen LogP contribution in [0.1, 0.15) is 16.7 Å². The van der Waals surface area contributed by atoms with Crippen molar-refractivity contribution in [3.8, 4) is 17.1 Å². The van der Waals surface area contributed by atoms with Crippen LogP contribution in [0.15, 0.2) is 101 Å². The summed E-state index contributed by atoms with van der Waals surface area (Å²) in [4.78, 5) is 18.1. The van der Waals surface area contributed by atoms with Gasteiger partial charge in [-0.2, -0.15) is 9.78 Å². The van der Waals surface area contributed by atoms with Gasteiger partial charge in [0, 0.05) is 5.56 Å². The van der Waals surface area contributed by atoms with Crippen molar-refractivity contribution >= 4 is 62.3 Å². The number of hydrogen-bond acceptors (Lipinski definition) is 4. The van der Waals surface area contributed by atoms with Gasteiger partial charge in [-0.25, -0.2) is 4.98 Å². The fourth-order valence-corrected chi connectivity index (χ4v) is 5.89. The molecule has 0 bridgehead atoms. The van der Waals surface area contributed by atoms with E-state index < -0.39 is 0 Å². The maximum absolute atomic E-state index is 13.4. The number of benzene rings is 4. The van der Waals surface area contributed by atoms with Gasteiger partial charge in [-0.15, -0.1) is 0 Å². The SMILES string of the molecule is Cc1ccc(COc2c(I)cc(C=Nn3c(-c4ccccc4)nc4ccccc4c3=O)cc2I)cc1. The summed E-state index contributed by atoms with van der Waals surface area (Å²) in [6.07, 6.45) is 1.69. The summed E-state index contributed by atoms with van der Waals surface area (Å²) in [5.74, 6) is 1.33. The first kappa shape index (κ1) is 24.6. The minimum absolute atomic E-state index is 0.210. The summed E-state index contributed by atoms with van der Waals surface area (Å²) < 4.78 is 9.45. The van der Waals surface area contributed by atoms with Crippen molar-refractivity contribution in [3.05, 3.63) is 125 Å². The number of aromatic nitrogens is 2. The molecular weight excluding hydrogens is 676 g/mol. The molecule has 5 rings (SSSR count). The molecule has 0 saturated heterocycles. The largest absolute Gasteiger partial charge is 0.487 e. The number of fused-ring (bicyclic) bond motifs is 1. The van der Waals surface area contributed by atoms with E-state index in [0.717, 1.165) is 29.6 Å². The van der Waals surface area contributed by atoms with Crippen LogP contribution in [0, 0.1) is 14.1 Å². The zero-order valence-electron chi connectivity index (χ0n) is 19.4. The molecule has 0 radical (unpaired) electrons. The Morgan fingerprint density at radius 2 is 1.58 bits per heavy atom. The van der Waals surface area contributed by atoms with Crippen molar-refractivity contribution in [2.45, 2.75) is 13.5 Å². The van der Waals surface area contributed by atoms with Gasteiger partial charge >= 0.3 is 0 Å². The van der Waals surface area contributed by atoms with Crippen molar-refractivity contribution < 1.29 is 4.74 Å². The first-order chi connectivity index (χ1) is 17.5. The summed E-state index contributed by atoms with van der Waals surface area (Å²) in [6.45, 7) is 2.57. The van der Waals surface area contributed by atoms with E-state index in [0.29, 0.717) is 23.3 Å². The molecule has 5 aromatic rings. The Bertz CT molecular complexity index is 1610. The Balaban J connectivity index is 1.49. The maximum Gasteiger partial charge on any atom is 0.282 e. The van der Waals surface area contributed by atoms with Crippen molar-refractivity contribution in [2.75, 3.05) is 0 Å². The second-order valence-electron chi connectivity index (χ2n) is 8.27. The number of rotatable bonds is 6. The van der Waals surface area contributed by atoms with Gasteiger partial charge in [0.25, 0.3) is 5.56 Å². The zero-order chi connectivity index (χ0) is 25.1. The normalized spacial score (nSPS) is 11.3. The van der Waals surface area contributed by atoms with E-state index in [1.165, 1.54) is 10.2 Å². The fraction of sp³-hybridized carbons (Fsp3) is 0.0690. The van der Waals surface area contributed by atoms with E-state index >= 15 is 0 Å². The molecule has 4 aromatic carbocycles. The lowest BCUT2D eigenvalue weighted by molar-refractivity contribution is 0.301. The van der Waals surface area contributed by atoms with Crippen molar-refractivity contribution in [1.82, 2.24) is 9.66 Å². The van der Waals surface area contributed by atoms with Crippen LogP contribution in [-0.4, -0.2) is 15.9 Å². The Hall–Kier alpha value is -3.05. The van der Waals surface area contributed by atoms with Crippen LogP contribution < -0.4 is 10.3 Å². The van der Waals surface area contributed by atoms with Crippen LogP contribution in [0.3, 0.4) is 0 Å². The highest BCUT2D eigenvalue weighted by molar-refractivity contribution is 14.1. The van der Waals surface area contributed by atoms with Crippen molar-refractivity contribution in [3.63, 3.8) is 0 Å². The molecule has 0 aliphatic carbocycles. The number of aryl methyl sites for hydroxylation is 1. The van der Waals surface area contributed by atoms with Gasteiger partial charge in [-0.1, -0.05) is 72.3 Å². The third kappa shape index (κ3) is 5.36. The van der Waals surface area contributed by atoms with E-state index in [2.05, 4.69) is 81.5 Å². The van der Waals surface area contributed by atoms with Gasteiger partial charge in [0.1, 0.15) is 12.4 Å². The molecule has 0 spiro atoms. The molecule has 0 aliphatic rings.